The smallest absolute Gasteiger partial charge is 0.270 e. The molecule has 1 aliphatic heterocycles. The first-order valence-corrected chi connectivity index (χ1v) is 11.1. The molecule has 164 valence electrons. The van der Waals surface area contributed by atoms with Crippen LogP contribution in [0.5, 0.6) is 0 Å². The SMILES string of the molecule is O=C(CCN1C(=O)/C(=C/c2cccc(Br)c2)SC1=S)NNC(=O)c1cccc([N+](=O)[O-])c1. The van der Waals surface area contributed by atoms with E-state index in [-0.39, 0.29) is 30.1 Å². The zero-order valence-electron chi connectivity index (χ0n) is 16.2. The first-order chi connectivity index (χ1) is 15.2. The summed E-state index contributed by atoms with van der Waals surface area (Å²) in [7, 11) is 0. The molecule has 32 heavy (non-hydrogen) atoms. The molecule has 9 nitrogen and oxygen atoms in total. The molecule has 0 saturated carbocycles. The number of thioether (sulfide) groups is 1. The Labute approximate surface area is 200 Å². The number of thiocarbonyl (C=S) groups is 1. The van der Waals surface area contributed by atoms with E-state index in [2.05, 4.69) is 26.8 Å². The minimum absolute atomic E-state index is 0.0223. The van der Waals surface area contributed by atoms with Gasteiger partial charge in [-0.25, -0.2) is 0 Å². The molecule has 1 heterocycles. The predicted molar refractivity (Wildman–Crippen MR) is 127 cm³/mol. The second kappa shape index (κ2) is 10.5. The summed E-state index contributed by atoms with van der Waals surface area (Å²) >= 11 is 9.78. The third-order valence-corrected chi connectivity index (χ3v) is 6.09. The van der Waals surface area contributed by atoms with Crippen LogP contribution >= 0.6 is 39.9 Å². The summed E-state index contributed by atoms with van der Waals surface area (Å²) in [6, 6.07) is 12.5. The fourth-order valence-corrected chi connectivity index (χ4v) is 4.40. The standard InChI is InChI=1S/C20H15BrN4O5S2/c21-14-5-1-3-12(9-14)10-16-19(28)24(20(31)32-16)8-7-17(26)22-23-18(27)13-4-2-6-15(11-13)25(29)30/h1-6,9-11H,7-8H2,(H,22,26)(H,23,27)/b16-10-. The molecule has 0 aliphatic carbocycles. The van der Waals surface area contributed by atoms with Gasteiger partial charge in [-0.1, -0.05) is 58.1 Å². The van der Waals surface area contributed by atoms with Crippen molar-refractivity contribution >= 4 is 73.7 Å². The Balaban J connectivity index is 1.53. The molecule has 0 aromatic heterocycles. The van der Waals surface area contributed by atoms with E-state index in [4.69, 9.17) is 12.2 Å². The first kappa shape index (κ1) is 23.6. The average Bonchev–Trinajstić information content (AvgIpc) is 3.02. The van der Waals surface area contributed by atoms with Gasteiger partial charge >= 0.3 is 0 Å². The minimum atomic E-state index is -0.704. The lowest BCUT2D eigenvalue weighted by Crippen LogP contribution is -2.43. The third-order valence-electron chi connectivity index (χ3n) is 4.22. The number of rotatable bonds is 6. The van der Waals surface area contributed by atoms with Gasteiger partial charge in [0.05, 0.1) is 9.83 Å². The number of non-ortho nitro benzene ring substituents is 1. The summed E-state index contributed by atoms with van der Waals surface area (Å²) in [6.45, 7) is 0.0407. The van der Waals surface area contributed by atoms with Gasteiger partial charge < -0.3 is 0 Å². The van der Waals surface area contributed by atoms with E-state index >= 15 is 0 Å². The number of benzene rings is 2. The zero-order chi connectivity index (χ0) is 23.3. The molecule has 1 saturated heterocycles. The van der Waals surface area contributed by atoms with Crippen LogP contribution in [0.25, 0.3) is 6.08 Å². The number of carbonyl (C=O) groups is 3. The Morgan fingerprint density at radius 2 is 1.94 bits per heavy atom. The summed E-state index contributed by atoms with van der Waals surface area (Å²) in [5.41, 5.74) is 5.03. The number of nitrogens with one attached hydrogen (secondary N) is 2. The van der Waals surface area contributed by atoms with Crippen molar-refractivity contribution in [2.45, 2.75) is 6.42 Å². The number of hydrazine groups is 1. The summed E-state index contributed by atoms with van der Waals surface area (Å²) < 4.78 is 1.22. The van der Waals surface area contributed by atoms with Crippen LogP contribution in [0.3, 0.4) is 0 Å². The number of hydrogen-bond acceptors (Lipinski definition) is 7. The van der Waals surface area contributed by atoms with Gasteiger partial charge in [0.25, 0.3) is 17.5 Å². The van der Waals surface area contributed by atoms with E-state index < -0.39 is 16.7 Å². The van der Waals surface area contributed by atoms with Crippen molar-refractivity contribution in [1.29, 1.82) is 0 Å². The third kappa shape index (κ3) is 5.99. The molecule has 1 aliphatic rings. The number of nitro benzene ring substituents is 1. The second-order valence-corrected chi connectivity index (χ2v) is 9.04. The minimum Gasteiger partial charge on any atom is -0.292 e. The van der Waals surface area contributed by atoms with Crippen molar-refractivity contribution in [3.8, 4) is 0 Å². The Kier molecular flexibility index (Phi) is 7.72. The monoisotopic (exact) mass is 534 g/mol. The molecule has 0 spiro atoms. The predicted octanol–water partition coefficient (Wildman–Crippen LogP) is 3.41. The van der Waals surface area contributed by atoms with Crippen LogP contribution in [-0.2, 0) is 9.59 Å². The lowest BCUT2D eigenvalue weighted by atomic mass is 10.2. The van der Waals surface area contributed by atoms with Crippen LogP contribution in [0, 0.1) is 10.1 Å². The highest BCUT2D eigenvalue weighted by Gasteiger charge is 2.32. The van der Waals surface area contributed by atoms with Gasteiger partial charge in [0.15, 0.2) is 0 Å². The van der Waals surface area contributed by atoms with E-state index in [1.54, 1.807) is 6.08 Å². The number of nitrogens with zero attached hydrogens (tertiary/aromatic N) is 2. The summed E-state index contributed by atoms with van der Waals surface area (Å²) in [5, 5.41) is 10.8. The highest BCUT2D eigenvalue weighted by Crippen LogP contribution is 2.32. The van der Waals surface area contributed by atoms with Crippen LogP contribution in [0.4, 0.5) is 5.69 Å². The van der Waals surface area contributed by atoms with E-state index in [1.807, 2.05) is 24.3 Å². The van der Waals surface area contributed by atoms with Crippen LogP contribution < -0.4 is 10.9 Å². The van der Waals surface area contributed by atoms with E-state index in [0.29, 0.717) is 9.23 Å². The van der Waals surface area contributed by atoms with Crippen LogP contribution in [0.2, 0.25) is 0 Å². The molecule has 0 bridgehead atoms. The fraction of sp³-hybridized carbons (Fsp3) is 0.100. The number of halogens is 1. The maximum atomic E-state index is 12.6. The molecule has 0 radical (unpaired) electrons. The molecule has 0 atom stereocenters. The molecular weight excluding hydrogens is 520 g/mol. The van der Waals surface area contributed by atoms with Crippen molar-refractivity contribution in [2.75, 3.05) is 6.54 Å². The number of hydrogen-bond donors (Lipinski definition) is 2. The Hall–Kier alpha value is -3.09. The molecule has 2 N–H and O–H groups in total. The second-order valence-electron chi connectivity index (χ2n) is 6.45. The quantitative estimate of drug-likeness (QED) is 0.252. The van der Waals surface area contributed by atoms with Crippen molar-refractivity contribution in [1.82, 2.24) is 15.8 Å². The van der Waals surface area contributed by atoms with Crippen LogP contribution in [-0.4, -0.2) is 38.4 Å². The van der Waals surface area contributed by atoms with Crippen molar-refractivity contribution in [2.24, 2.45) is 0 Å². The van der Waals surface area contributed by atoms with Crippen molar-refractivity contribution < 1.29 is 19.3 Å². The molecule has 1 fully saturated rings. The molecule has 12 heteroatoms. The van der Waals surface area contributed by atoms with Gasteiger partial charge in [-0.2, -0.15) is 0 Å². The van der Waals surface area contributed by atoms with Crippen LogP contribution in [0.15, 0.2) is 57.9 Å². The first-order valence-electron chi connectivity index (χ1n) is 9.09. The maximum absolute atomic E-state index is 12.6. The lowest BCUT2D eigenvalue weighted by molar-refractivity contribution is -0.384. The van der Waals surface area contributed by atoms with Gasteiger partial charge in [-0.05, 0) is 29.8 Å². The lowest BCUT2D eigenvalue weighted by Gasteiger charge is -2.14. The summed E-state index contributed by atoms with van der Waals surface area (Å²) in [6.07, 6.45) is 1.62. The molecule has 3 rings (SSSR count). The molecule has 3 amide bonds. The van der Waals surface area contributed by atoms with Gasteiger partial charge in [-0.3, -0.25) is 40.2 Å². The molecule has 0 unspecified atom stereocenters. The highest BCUT2D eigenvalue weighted by molar-refractivity contribution is 9.10. The number of amides is 3. The highest BCUT2D eigenvalue weighted by atomic mass is 79.9. The van der Waals surface area contributed by atoms with Gasteiger partial charge in [-0.15, -0.1) is 0 Å². The van der Waals surface area contributed by atoms with E-state index in [0.717, 1.165) is 27.9 Å². The number of carbonyl (C=O) groups excluding carboxylic acids is 3. The zero-order valence-corrected chi connectivity index (χ0v) is 19.5. The molecule has 2 aromatic rings. The van der Waals surface area contributed by atoms with E-state index in [9.17, 15) is 24.5 Å². The van der Waals surface area contributed by atoms with Crippen LogP contribution in [0.1, 0.15) is 22.3 Å². The largest absolute Gasteiger partial charge is 0.292 e. The Morgan fingerprint density at radius 3 is 2.66 bits per heavy atom. The normalized spacial score (nSPS) is 14.5. The summed E-state index contributed by atoms with van der Waals surface area (Å²) in [5.74, 6) is -1.55. The van der Waals surface area contributed by atoms with Gasteiger partial charge in [0, 0.05) is 35.1 Å². The number of nitro groups is 1. The van der Waals surface area contributed by atoms with Crippen molar-refractivity contribution in [3.63, 3.8) is 0 Å². The topological polar surface area (TPSA) is 122 Å². The maximum Gasteiger partial charge on any atom is 0.270 e. The fourth-order valence-electron chi connectivity index (χ4n) is 2.68. The molecule has 2 aromatic carbocycles. The van der Waals surface area contributed by atoms with Crippen molar-refractivity contribution in [3.05, 3.63) is 79.2 Å². The molecular formula is C20H15BrN4O5S2. The Bertz CT molecular complexity index is 1150. The van der Waals surface area contributed by atoms with Gasteiger partial charge in [0.2, 0.25) is 5.91 Å². The Morgan fingerprint density at radius 1 is 1.19 bits per heavy atom. The van der Waals surface area contributed by atoms with E-state index in [1.165, 1.54) is 23.1 Å². The van der Waals surface area contributed by atoms with Gasteiger partial charge in [0.1, 0.15) is 4.32 Å². The average molecular weight is 535 g/mol. The summed E-state index contributed by atoms with van der Waals surface area (Å²) in [4.78, 5) is 48.8.